The summed E-state index contributed by atoms with van der Waals surface area (Å²) in [5, 5.41) is 15.0. The molecule has 0 amide bonds. The van der Waals surface area contributed by atoms with Crippen LogP contribution in [0.25, 0.3) is 10.8 Å². The lowest BCUT2D eigenvalue weighted by molar-refractivity contribution is 0.377. The second-order valence-corrected chi connectivity index (χ2v) is 6.71. The van der Waals surface area contributed by atoms with Gasteiger partial charge in [0.15, 0.2) is 23.3 Å². The fraction of sp³-hybridized carbons (Fsp3) is 0. The molecule has 10 heteroatoms. The average molecular weight is 470 g/mol. The number of benzene rings is 4. The number of hydrogen-bond acceptors (Lipinski definition) is 4. The van der Waals surface area contributed by atoms with Crippen molar-refractivity contribution in [2.24, 2.45) is 0 Å². The summed E-state index contributed by atoms with van der Waals surface area (Å²) >= 11 is 0. The number of halogens is 6. The van der Waals surface area contributed by atoms with Crippen molar-refractivity contribution in [3.05, 3.63) is 94.6 Å². The summed E-state index contributed by atoms with van der Waals surface area (Å²) < 4.78 is 99.1. The van der Waals surface area contributed by atoms with Gasteiger partial charge < -0.3 is 9.47 Å². The van der Waals surface area contributed by atoms with E-state index in [9.17, 15) is 17.6 Å². The highest BCUT2D eigenvalue weighted by Gasteiger charge is 2.32. The van der Waals surface area contributed by atoms with E-state index in [2.05, 4.69) is 0 Å². The molecule has 0 spiro atoms. The highest BCUT2D eigenvalue weighted by Crippen LogP contribution is 2.43. The van der Waals surface area contributed by atoms with Crippen LogP contribution >= 0.6 is 0 Å². The van der Waals surface area contributed by atoms with Gasteiger partial charge in [-0.1, -0.05) is 24.3 Å². The molecule has 0 atom stereocenters. The minimum Gasteiger partial charge on any atom is -0.450 e. The van der Waals surface area contributed by atoms with E-state index in [0.717, 1.165) is 12.1 Å². The van der Waals surface area contributed by atoms with Gasteiger partial charge in [0.05, 0.1) is 21.9 Å². The van der Waals surface area contributed by atoms with Crippen LogP contribution in [0.2, 0.25) is 0 Å². The maximum Gasteiger partial charge on any atom is 0.205 e. The van der Waals surface area contributed by atoms with Crippen molar-refractivity contribution in [3.63, 3.8) is 0 Å². The Labute approximate surface area is 187 Å². The number of hydrogen-bond donors (Lipinski definition) is 0. The zero-order valence-electron chi connectivity index (χ0n) is 16.6. The molecular weight excluding hydrogens is 462 g/mol. The maximum absolute atomic E-state index is 15.1. The molecule has 4 rings (SSSR count). The van der Waals surface area contributed by atoms with Gasteiger partial charge in [0.2, 0.25) is 23.1 Å². The molecule has 0 heterocycles. The zero-order chi connectivity index (χ0) is 24.6. The van der Waals surface area contributed by atoms with Crippen molar-refractivity contribution in [3.8, 4) is 35.1 Å². The molecule has 0 N–H and O–H groups in total. The van der Waals surface area contributed by atoms with Crippen LogP contribution in [0.5, 0.6) is 23.0 Å². The highest BCUT2D eigenvalue weighted by molar-refractivity contribution is 5.88. The summed E-state index contributed by atoms with van der Waals surface area (Å²) in [4.78, 5) is 0. The lowest BCUT2D eigenvalue weighted by Gasteiger charge is -2.16. The molecule has 34 heavy (non-hydrogen) atoms. The van der Waals surface area contributed by atoms with Gasteiger partial charge in [-0.3, -0.25) is 0 Å². The van der Waals surface area contributed by atoms with Gasteiger partial charge in [-0.2, -0.15) is 19.3 Å². The molecule has 0 aliphatic heterocycles. The fourth-order valence-corrected chi connectivity index (χ4v) is 3.17. The Balaban J connectivity index is 1.96. The third kappa shape index (κ3) is 3.51. The Bertz CT molecular complexity index is 1440. The Morgan fingerprint density at radius 2 is 0.853 bits per heavy atom. The molecule has 0 saturated heterocycles. The van der Waals surface area contributed by atoms with Crippen LogP contribution in [-0.2, 0) is 0 Å². The van der Waals surface area contributed by atoms with Crippen LogP contribution in [0.4, 0.5) is 26.3 Å². The van der Waals surface area contributed by atoms with E-state index < -0.39 is 68.7 Å². The first kappa shape index (κ1) is 22.5. The quantitative estimate of drug-likeness (QED) is 0.238. The van der Waals surface area contributed by atoms with E-state index in [4.69, 9.17) is 20.0 Å². The van der Waals surface area contributed by atoms with Gasteiger partial charge in [0, 0.05) is 0 Å². The lowest BCUT2D eigenvalue weighted by atomic mass is 10.1. The van der Waals surface area contributed by atoms with Gasteiger partial charge in [-0.25, -0.2) is 17.6 Å². The largest absolute Gasteiger partial charge is 0.450 e. The third-order valence-electron chi connectivity index (χ3n) is 4.75. The number of nitriles is 2. The molecule has 168 valence electrons. The van der Waals surface area contributed by atoms with Crippen LogP contribution in [0.15, 0.2) is 48.5 Å². The molecule has 0 unspecified atom stereocenters. The van der Waals surface area contributed by atoms with Crippen LogP contribution in [-0.4, -0.2) is 0 Å². The van der Waals surface area contributed by atoms with E-state index in [-0.39, 0.29) is 11.1 Å². The Kier molecular flexibility index (Phi) is 5.74. The molecule has 4 aromatic carbocycles. The lowest BCUT2D eigenvalue weighted by Crippen LogP contribution is -2.06. The van der Waals surface area contributed by atoms with Gasteiger partial charge >= 0.3 is 0 Å². The first-order valence-corrected chi connectivity index (χ1v) is 9.30. The molecule has 0 bridgehead atoms. The molecule has 4 aromatic rings. The van der Waals surface area contributed by atoms with Crippen molar-refractivity contribution < 1.29 is 35.8 Å². The predicted octanol–water partition coefficient (Wildman–Crippen LogP) is 7.00. The number of para-hydroxylation sites is 2. The molecule has 0 fully saturated rings. The summed E-state index contributed by atoms with van der Waals surface area (Å²) in [5.41, 5.74) is -0.390. The SMILES string of the molecule is N#Cc1ccccc1Oc1c(F)c(F)c2c(F)c(Oc3ccccc3C#N)c(F)c(F)c2c1F. The van der Waals surface area contributed by atoms with E-state index in [0.29, 0.717) is 0 Å². The Morgan fingerprint density at radius 3 is 1.21 bits per heavy atom. The van der Waals surface area contributed by atoms with Gasteiger partial charge in [-0.15, -0.1) is 0 Å². The summed E-state index contributed by atoms with van der Waals surface area (Å²) in [5.74, 6) is -16.0. The van der Waals surface area contributed by atoms with Crippen LogP contribution in [0.3, 0.4) is 0 Å². The minimum atomic E-state index is -2.09. The summed E-state index contributed by atoms with van der Waals surface area (Å²) in [6.07, 6.45) is 0. The fourth-order valence-electron chi connectivity index (χ4n) is 3.17. The minimum absolute atomic E-state index is 0.195. The summed E-state index contributed by atoms with van der Waals surface area (Å²) in [6.45, 7) is 0. The van der Waals surface area contributed by atoms with Crippen molar-refractivity contribution in [2.45, 2.75) is 0 Å². The summed E-state index contributed by atoms with van der Waals surface area (Å²) in [6, 6.07) is 13.6. The topological polar surface area (TPSA) is 66.0 Å². The van der Waals surface area contributed by atoms with Crippen molar-refractivity contribution in [1.29, 1.82) is 10.5 Å². The molecule has 0 saturated carbocycles. The Hall–Kier alpha value is -4.70. The normalized spacial score (nSPS) is 10.6. The average Bonchev–Trinajstić information content (AvgIpc) is 2.85. The monoisotopic (exact) mass is 470 g/mol. The van der Waals surface area contributed by atoms with E-state index in [1.54, 1.807) is 12.1 Å². The molecular formula is C24H8F6N2O2. The third-order valence-corrected chi connectivity index (χ3v) is 4.75. The van der Waals surface area contributed by atoms with Crippen LogP contribution in [0, 0.1) is 57.6 Å². The molecule has 0 aliphatic rings. The second kappa shape index (κ2) is 8.68. The Morgan fingerprint density at radius 1 is 0.500 bits per heavy atom. The first-order chi connectivity index (χ1) is 16.3. The molecule has 0 aliphatic carbocycles. The molecule has 4 nitrogen and oxygen atoms in total. The summed E-state index contributed by atoms with van der Waals surface area (Å²) in [7, 11) is 0. The number of nitrogens with zero attached hydrogens (tertiary/aromatic N) is 2. The van der Waals surface area contributed by atoms with Gasteiger partial charge in [0.25, 0.3) is 0 Å². The number of rotatable bonds is 4. The number of ether oxygens (including phenoxy) is 2. The smallest absolute Gasteiger partial charge is 0.205 e. The first-order valence-electron chi connectivity index (χ1n) is 9.30. The maximum atomic E-state index is 15.1. The molecule has 0 radical (unpaired) electrons. The predicted molar refractivity (Wildman–Crippen MR) is 106 cm³/mol. The zero-order valence-corrected chi connectivity index (χ0v) is 16.6. The standard InChI is InChI=1S/C24H8F6N2O2/c25-17-16-15(19(27)23(21(17)29)33-13-7-3-1-5-11(13)9-31)18(26)22(30)24(20(16)28)34-14-8-4-2-6-12(14)10-32/h1-8H. The van der Waals surface area contributed by atoms with Crippen LogP contribution < -0.4 is 9.47 Å². The van der Waals surface area contributed by atoms with Gasteiger partial charge in [0.1, 0.15) is 23.6 Å². The van der Waals surface area contributed by atoms with E-state index >= 15 is 8.78 Å². The van der Waals surface area contributed by atoms with Crippen LogP contribution in [0.1, 0.15) is 11.1 Å². The van der Waals surface area contributed by atoms with E-state index in [1.807, 2.05) is 0 Å². The van der Waals surface area contributed by atoms with Crippen molar-refractivity contribution in [1.82, 2.24) is 0 Å². The number of fused-ring (bicyclic) bond motifs is 1. The van der Waals surface area contributed by atoms with Crippen molar-refractivity contribution >= 4 is 10.8 Å². The van der Waals surface area contributed by atoms with E-state index in [1.165, 1.54) is 36.4 Å². The molecule has 0 aromatic heterocycles. The highest BCUT2D eigenvalue weighted by atomic mass is 19.2. The van der Waals surface area contributed by atoms with Gasteiger partial charge in [-0.05, 0) is 24.3 Å². The van der Waals surface area contributed by atoms with Crippen molar-refractivity contribution in [2.75, 3.05) is 0 Å². The second-order valence-electron chi connectivity index (χ2n) is 6.71.